The average molecular weight is 366 g/mol. The van der Waals surface area contributed by atoms with Crippen LogP contribution in [-0.4, -0.2) is 47.5 Å². The first-order chi connectivity index (χ1) is 12.3. The number of aromatic nitrogens is 2. The minimum absolute atomic E-state index is 0.179. The van der Waals surface area contributed by atoms with Crippen molar-refractivity contribution in [3.63, 3.8) is 0 Å². The monoisotopic (exact) mass is 365 g/mol. The van der Waals surface area contributed by atoms with E-state index in [9.17, 15) is 9.59 Å². The number of imidazole rings is 1. The van der Waals surface area contributed by atoms with E-state index in [1.165, 1.54) is 0 Å². The van der Waals surface area contributed by atoms with Gasteiger partial charge in [-0.25, -0.2) is 4.98 Å². The van der Waals surface area contributed by atoms with Gasteiger partial charge in [0.1, 0.15) is 6.04 Å². The molecule has 0 aromatic carbocycles. The molecule has 1 aromatic heterocycles. The van der Waals surface area contributed by atoms with Crippen molar-refractivity contribution in [2.75, 3.05) is 13.6 Å². The van der Waals surface area contributed by atoms with Crippen LogP contribution in [0.3, 0.4) is 0 Å². The summed E-state index contributed by atoms with van der Waals surface area (Å²) in [6.07, 6.45) is 4.25. The van der Waals surface area contributed by atoms with E-state index in [0.29, 0.717) is 25.3 Å². The van der Waals surface area contributed by atoms with Crippen LogP contribution in [0.5, 0.6) is 0 Å². The van der Waals surface area contributed by atoms with Gasteiger partial charge < -0.3 is 20.9 Å². The maximum Gasteiger partial charge on any atom is 0.243 e. The van der Waals surface area contributed by atoms with Crippen molar-refractivity contribution in [1.29, 1.82) is 0 Å². The summed E-state index contributed by atoms with van der Waals surface area (Å²) in [5, 5.41) is 8.64. The molecule has 2 atom stereocenters. The van der Waals surface area contributed by atoms with Gasteiger partial charge in [-0.3, -0.25) is 9.59 Å². The molecule has 0 aliphatic carbocycles. The second-order valence-electron chi connectivity index (χ2n) is 6.49. The van der Waals surface area contributed by atoms with Gasteiger partial charge >= 0.3 is 0 Å². The maximum atomic E-state index is 12.5. The number of nitrogens with one attached hydrogen (secondary N) is 4. The normalized spacial score (nSPS) is 12.6. The highest BCUT2D eigenvalue weighted by Gasteiger charge is 2.25. The standard InChI is InChI=1S/C17H29N5O2.C2H6/c1-11(2)6-14(18-5)17(24)22-15(7-13-9-19-10-21-13)16(23)20-8-12(3)4;1-2/h9-11,14-15,18H,3,6-8H2,1-2,4-5H3,(H,19,21)(H,20,23)(H,22,24);1-2H3. The number of H-pyrrole nitrogens is 1. The molecular formula is C19H35N5O2. The lowest BCUT2D eigenvalue weighted by molar-refractivity contribution is -0.130. The number of carbonyl (C=O) groups excluding carboxylic acids is 2. The fraction of sp³-hybridized carbons (Fsp3) is 0.632. The zero-order valence-electron chi connectivity index (χ0n) is 17.0. The second-order valence-corrected chi connectivity index (χ2v) is 6.49. The zero-order chi connectivity index (χ0) is 20.1. The van der Waals surface area contributed by atoms with Crippen LogP contribution in [0.15, 0.2) is 24.7 Å². The molecule has 148 valence electrons. The minimum atomic E-state index is -0.666. The van der Waals surface area contributed by atoms with E-state index < -0.39 is 6.04 Å². The summed E-state index contributed by atoms with van der Waals surface area (Å²) in [6.45, 7) is 14.1. The van der Waals surface area contributed by atoms with Crippen LogP contribution in [-0.2, 0) is 16.0 Å². The molecule has 7 nitrogen and oxygen atoms in total. The van der Waals surface area contributed by atoms with Gasteiger partial charge in [-0.15, -0.1) is 0 Å². The van der Waals surface area contributed by atoms with Crippen molar-refractivity contribution in [2.45, 2.75) is 59.5 Å². The summed E-state index contributed by atoms with van der Waals surface area (Å²) in [5.41, 5.74) is 1.64. The SMILES string of the molecule is C=C(C)CNC(=O)C(Cc1cnc[nH]1)NC(=O)C(CC(C)C)NC.CC. The number of rotatable bonds is 10. The smallest absolute Gasteiger partial charge is 0.243 e. The van der Waals surface area contributed by atoms with Gasteiger partial charge in [-0.1, -0.05) is 39.8 Å². The molecule has 0 fully saturated rings. The van der Waals surface area contributed by atoms with Gasteiger partial charge in [0.25, 0.3) is 0 Å². The Kier molecular flexibility index (Phi) is 12.0. The largest absolute Gasteiger partial charge is 0.351 e. The number of hydrogen-bond acceptors (Lipinski definition) is 4. The third-order valence-corrected chi connectivity index (χ3v) is 3.55. The molecule has 4 N–H and O–H groups in total. The van der Waals surface area contributed by atoms with Gasteiger partial charge in [-0.05, 0) is 26.3 Å². The fourth-order valence-electron chi connectivity index (χ4n) is 2.29. The molecule has 26 heavy (non-hydrogen) atoms. The summed E-state index contributed by atoms with van der Waals surface area (Å²) in [7, 11) is 1.75. The van der Waals surface area contributed by atoms with E-state index in [2.05, 4.69) is 46.3 Å². The van der Waals surface area contributed by atoms with Gasteiger partial charge in [0.15, 0.2) is 0 Å². The molecular weight excluding hydrogens is 330 g/mol. The molecule has 2 unspecified atom stereocenters. The molecule has 0 saturated heterocycles. The second kappa shape index (κ2) is 13.1. The van der Waals surface area contributed by atoms with Crippen molar-refractivity contribution >= 4 is 11.8 Å². The first-order valence-electron chi connectivity index (χ1n) is 9.20. The van der Waals surface area contributed by atoms with Gasteiger partial charge in [0.2, 0.25) is 11.8 Å². The summed E-state index contributed by atoms with van der Waals surface area (Å²) in [6, 6.07) is -0.997. The Morgan fingerprint density at radius 1 is 1.23 bits per heavy atom. The lowest BCUT2D eigenvalue weighted by Crippen LogP contribution is -2.53. The van der Waals surface area contributed by atoms with E-state index in [0.717, 1.165) is 11.3 Å². The number of hydrogen-bond donors (Lipinski definition) is 4. The van der Waals surface area contributed by atoms with E-state index in [-0.39, 0.29) is 17.9 Å². The Morgan fingerprint density at radius 2 is 1.88 bits per heavy atom. The lowest BCUT2D eigenvalue weighted by atomic mass is 10.0. The molecule has 1 rings (SSSR count). The summed E-state index contributed by atoms with van der Waals surface area (Å²) in [4.78, 5) is 31.8. The Labute approximate surface area is 157 Å². The van der Waals surface area contributed by atoms with Crippen LogP contribution in [0, 0.1) is 5.92 Å². The average Bonchev–Trinajstić information content (AvgIpc) is 3.11. The molecule has 0 aliphatic rings. The van der Waals surface area contributed by atoms with Crippen molar-refractivity contribution in [3.8, 4) is 0 Å². The van der Waals surface area contributed by atoms with Gasteiger partial charge in [-0.2, -0.15) is 0 Å². The lowest BCUT2D eigenvalue weighted by Gasteiger charge is -2.23. The van der Waals surface area contributed by atoms with E-state index >= 15 is 0 Å². The van der Waals surface area contributed by atoms with Crippen LogP contribution in [0.25, 0.3) is 0 Å². The third kappa shape index (κ3) is 9.36. The minimum Gasteiger partial charge on any atom is -0.351 e. The molecule has 1 aromatic rings. The number of likely N-dealkylation sites (N-methyl/N-ethyl adjacent to an activating group) is 1. The van der Waals surface area contributed by atoms with Crippen molar-refractivity contribution < 1.29 is 9.59 Å². The first kappa shape index (κ1) is 23.9. The van der Waals surface area contributed by atoms with Crippen LogP contribution in [0.4, 0.5) is 0 Å². The maximum absolute atomic E-state index is 12.5. The van der Waals surface area contributed by atoms with Crippen molar-refractivity contribution in [1.82, 2.24) is 25.9 Å². The van der Waals surface area contributed by atoms with Gasteiger partial charge in [0.05, 0.1) is 12.4 Å². The zero-order valence-corrected chi connectivity index (χ0v) is 17.0. The highest BCUT2D eigenvalue weighted by Crippen LogP contribution is 2.06. The summed E-state index contributed by atoms with van der Waals surface area (Å²) in [5.74, 6) is -0.0435. The van der Waals surface area contributed by atoms with Crippen LogP contribution >= 0.6 is 0 Å². The van der Waals surface area contributed by atoms with E-state index in [4.69, 9.17) is 0 Å². The fourth-order valence-corrected chi connectivity index (χ4v) is 2.29. The molecule has 1 heterocycles. The Balaban J connectivity index is 0.00000301. The molecule has 0 bridgehead atoms. The molecule has 0 spiro atoms. The summed E-state index contributed by atoms with van der Waals surface area (Å²) >= 11 is 0. The highest BCUT2D eigenvalue weighted by molar-refractivity contribution is 5.90. The number of carbonyl (C=O) groups is 2. The van der Waals surface area contributed by atoms with Crippen LogP contribution < -0.4 is 16.0 Å². The summed E-state index contributed by atoms with van der Waals surface area (Å²) < 4.78 is 0. The Bertz CT molecular complexity index is 540. The number of nitrogens with zero attached hydrogens (tertiary/aromatic N) is 1. The predicted octanol–water partition coefficient (Wildman–Crippen LogP) is 1.79. The molecule has 0 radical (unpaired) electrons. The van der Waals surface area contributed by atoms with Crippen LogP contribution in [0.1, 0.15) is 46.7 Å². The third-order valence-electron chi connectivity index (χ3n) is 3.55. The predicted molar refractivity (Wildman–Crippen MR) is 106 cm³/mol. The van der Waals surface area contributed by atoms with Crippen LogP contribution in [0.2, 0.25) is 0 Å². The van der Waals surface area contributed by atoms with E-state index in [1.54, 1.807) is 19.6 Å². The van der Waals surface area contributed by atoms with Crippen molar-refractivity contribution in [2.24, 2.45) is 5.92 Å². The Morgan fingerprint density at radius 3 is 2.35 bits per heavy atom. The van der Waals surface area contributed by atoms with Crippen molar-refractivity contribution in [3.05, 3.63) is 30.4 Å². The number of amides is 2. The van der Waals surface area contributed by atoms with E-state index in [1.807, 2.05) is 20.8 Å². The molecule has 7 heteroatoms. The molecule has 0 saturated carbocycles. The quantitative estimate of drug-likeness (QED) is 0.475. The molecule has 2 amide bonds. The Hall–Kier alpha value is -2.15. The van der Waals surface area contributed by atoms with Gasteiger partial charge in [0, 0.05) is 24.9 Å². The highest BCUT2D eigenvalue weighted by atomic mass is 16.2. The molecule has 0 aliphatic heterocycles. The first-order valence-corrected chi connectivity index (χ1v) is 9.20. The topological polar surface area (TPSA) is 98.9 Å². The number of aromatic amines is 1.